The Balaban J connectivity index is 0.00000112. The van der Waals surface area contributed by atoms with Crippen molar-refractivity contribution in [3.63, 3.8) is 0 Å². The standard InChI is InChI=1S/C8H8BF3NO.K/c10-9(11,12)8-4-13-3-6-5-14-2-1-7(6)8;/h3-4H,1-2,5H2;/q-1;+1. The van der Waals surface area contributed by atoms with E-state index in [2.05, 4.69) is 4.98 Å². The molecule has 2 heterocycles. The summed E-state index contributed by atoms with van der Waals surface area (Å²) in [7, 11) is 0. The van der Waals surface area contributed by atoms with Crippen molar-refractivity contribution >= 4 is 12.4 Å². The summed E-state index contributed by atoms with van der Waals surface area (Å²) < 4.78 is 42.7. The third kappa shape index (κ3) is 3.04. The zero-order valence-corrected chi connectivity index (χ0v) is 11.5. The summed E-state index contributed by atoms with van der Waals surface area (Å²) in [6, 6.07) is 0. The van der Waals surface area contributed by atoms with E-state index in [9.17, 15) is 12.9 Å². The van der Waals surface area contributed by atoms with Crippen LogP contribution >= 0.6 is 0 Å². The number of fused-ring (bicyclic) bond motifs is 1. The first-order chi connectivity index (χ1) is 6.59. The maximum Gasteiger partial charge on any atom is 1.00 e. The zero-order chi connectivity index (χ0) is 10.2. The smallest absolute Gasteiger partial charge is 0.445 e. The number of rotatable bonds is 1. The molecule has 0 saturated heterocycles. The van der Waals surface area contributed by atoms with Crippen LogP contribution in [0.25, 0.3) is 0 Å². The first-order valence-electron chi connectivity index (χ1n) is 4.32. The normalized spacial score (nSPS) is 15.4. The molecule has 0 aliphatic carbocycles. The van der Waals surface area contributed by atoms with Crippen LogP contribution in [0, 0.1) is 0 Å². The van der Waals surface area contributed by atoms with E-state index in [1.54, 1.807) is 0 Å². The maximum absolute atomic E-state index is 12.6. The van der Waals surface area contributed by atoms with Gasteiger partial charge in [0.1, 0.15) is 0 Å². The molecule has 7 heteroatoms. The van der Waals surface area contributed by atoms with E-state index in [0.29, 0.717) is 24.2 Å². The van der Waals surface area contributed by atoms with Crippen molar-refractivity contribution in [2.45, 2.75) is 13.0 Å². The summed E-state index contributed by atoms with van der Waals surface area (Å²) in [6.45, 7) is -4.35. The first-order valence-corrected chi connectivity index (χ1v) is 4.32. The Bertz CT molecular complexity index is 358. The van der Waals surface area contributed by atoms with Gasteiger partial charge in [-0.15, -0.1) is 0 Å². The van der Waals surface area contributed by atoms with Crippen molar-refractivity contribution in [3.8, 4) is 0 Å². The number of hydrogen-bond donors (Lipinski definition) is 0. The molecule has 1 aromatic heterocycles. The van der Waals surface area contributed by atoms with E-state index in [0.717, 1.165) is 6.20 Å². The van der Waals surface area contributed by atoms with E-state index in [4.69, 9.17) is 4.74 Å². The van der Waals surface area contributed by atoms with Gasteiger partial charge in [0.2, 0.25) is 0 Å². The second-order valence-corrected chi connectivity index (χ2v) is 3.24. The van der Waals surface area contributed by atoms with E-state index < -0.39 is 12.4 Å². The second-order valence-electron chi connectivity index (χ2n) is 3.24. The van der Waals surface area contributed by atoms with Gasteiger partial charge in [0, 0.05) is 12.4 Å². The average Bonchev–Trinajstić information content (AvgIpc) is 2.15. The van der Waals surface area contributed by atoms with Gasteiger partial charge < -0.3 is 17.7 Å². The molecular weight excluding hydrogens is 233 g/mol. The third-order valence-corrected chi connectivity index (χ3v) is 2.29. The molecule has 0 fully saturated rings. The number of halogens is 3. The van der Waals surface area contributed by atoms with E-state index in [1.807, 2.05) is 0 Å². The predicted octanol–water partition coefficient (Wildman–Crippen LogP) is -1.79. The van der Waals surface area contributed by atoms with E-state index in [-0.39, 0.29) is 58.0 Å². The van der Waals surface area contributed by atoms with Crippen molar-refractivity contribution < 1.29 is 69.1 Å². The molecule has 0 aromatic carbocycles. The number of pyridine rings is 1. The van der Waals surface area contributed by atoms with Crippen LogP contribution in [0.1, 0.15) is 11.1 Å². The van der Waals surface area contributed by atoms with Gasteiger partial charge >= 0.3 is 58.4 Å². The molecule has 0 amide bonds. The fraction of sp³-hybridized carbons (Fsp3) is 0.375. The maximum atomic E-state index is 12.6. The molecular formula is C8H8BF3KNO. The number of hydrogen-bond acceptors (Lipinski definition) is 2. The minimum atomic E-state index is -4.95. The van der Waals surface area contributed by atoms with Crippen molar-refractivity contribution in [2.24, 2.45) is 0 Å². The molecule has 15 heavy (non-hydrogen) atoms. The monoisotopic (exact) mass is 241 g/mol. The minimum absolute atomic E-state index is 0. The van der Waals surface area contributed by atoms with Gasteiger partial charge in [0.05, 0.1) is 13.2 Å². The second kappa shape index (κ2) is 5.29. The summed E-state index contributed by atoms with van der Waals surface area (Å²) >= 11 is 0. The van der Waals surface area contributed by atoms with Gasteiger partial charge in [-0.05, 0) is 12.0 Å². The molecule has 2 nitrogen and oxygen atoms in total. The van der Waals surface area contributed by atoms with Gasteiger partial charge in [0.15, 0.2) is 0 Å². The fourth-order valence-electron chi connectivity index (χ4n) is 1.62. The molecule has 0 N–H and O–H groups in total. The number of aromatic nitrogens is 1. The summed E-state index contributed by atoms with van der Waals surface area (Å²) in [4.78, 5) is 3.58. The van der Waals surface area contributed by atoms with Gasteiger partial charge in [-0.25, -0.2) is 0 Å². The molecule has 1 aliphatic heterocycles. The van der Waals surface area contributed by atoms with Crippen molar-refractivity contribution in [1.29, 1.82) is 0 Å². The Morgan fingerprint density at radius 3 is 2.67 bits per heavy atom. The van der Waals surface area contributed by atoms with Crippen LogP contribution < -0.4 is 56.8 Å². The van der Waals surface area contributed by atoms with Crippen LogP contribution in [-0.2, 0) is 17.8 Å². The Morgan fingerprint density at radius 2 is 2.00 bits per heavy atom. The molecule has 0 radical (unpaired) electrons. The molecule has 0 atom stereocenters. The summed E-state index contributed by atoms with van der Waals surface area (Å²) in [5.41, 5.74) is 0.359. The summed E-state index contributed by atoms with van der Waals surface area (Å²) in [6.07, 6.45) is 2.68. The molecule has 1 aliphatic rings. The molecule has 0 saturated carbocycles. The predicted molar refractivity (Wildman–Crippen MR) is 46.3 cm³/mol. The van der Waals surface area contributed by atoms with E-state index >= 15 is 0 Å². The van der Waals surface area contributed by atoms with Crippen LogP contribution in [0.2, 0.25) is 0 Å². The number of nitrogens with zero attached hydrogens (tertiary/aromatic N) is 1. The number of ether oxygens (including phenoxy) is 1. The Hall–Kier alpha value is 0.601. The zero-order valence-electron chi connectivity index (χ0n) is 8.34. The Kier molecular flexibility index (Phi) is 4.82. The molecule has 1 aromatic rings. The molecule has 76 valence electrons. The molecule has 2 rings (SSSR count). The SMILES string of the molecule is F[B-](F)(F)c1cncc2c1CCOC2.[K+]. The first kappa shape index (κ1) is 13.7. The van der Waals surface area contributed by atoms with Crippen molar-refractivity contribution in [2.75, 3.05) is 6.61 Å². The van der Waals surface area contributed by atoms with Crippen molar-refractivity contribution in [1.82, 2.24) is 4.98 Å². The minimum Gasteiger partial charge on any atom is -0.445 e. The van der Waals surface area contributed by atoms with Crippen LogP contribution in [0.15, 0.2) is 12.4 Å². The van der Waals surface area contributed by atoms with Crippen LogP contribution in [0.3, 0.4) is 0 Å². The summed E-state index contributed by atoms with van der Waals surface area (Å²) in [5.74, 6) is 0. The Morgan fingerprint density at radius 1 is 1.27 bits per heavy atom. The quantitative estimate of drug-likeness (QED) is 0.542. The largest absolute Gasteiger partial charge is 1.00 e. The summed E-state index contributed by atoms with van der Waals surface area (Å²) in [5, 5.41) is 0. The van der Waals surface area contributed by atoms with Gasteiger partial charge in [-0.2, -0.15) is 0 Å². The average molecular weight is 241 g/mol. The van der Waals surface area contributed by atoms with Crippen LogP contribution in [0.4, 0.5) is 12.9 Å². The molecule has 0 spiro atoms. The fourth-order valence-corrected chi connectivity index (χ4v) is 1.62. The van der Waals surface area contributed by atoms with Crippen LogP contribution in [0.5, 0.6) is 0 Å². The van der Waals surface area contributed by atoms with Crippen LogP contribution in [-0.4, -0.2) is 18.6 Å². The Labute approximate surface area is 128 Å². The third-order valence-electron chi connectivity index (χ3n) is 2.29. The van der Waals surface area contributed by atoms with Gasteiger partial charge in [-0.3, -0.25) is 4.98 Å². The topological polar surface area (TPSA) is 22.1 Å². The molecule has 0 bridgehead atoms. The van der Waals surface area contributed by atoms with Gasteiger partial charge in [-0.1, -0.05) is 11.0 Å². The molecule has 0 unspecified atom stereocenters. The van der Waals surface area contributed by atoms with Gasteiger partial charge in [0.25, 0.3) is 0 Å². The van der Waals surface area contributed by atoms with E-state index in [1.165, 1.54) is 6.20 Å². The van der Waals surface area contributed by atoms with Crippen molar-refractivity contribution in [3.05, 3.63) is 23.5 Å².